The molecule has 1 aromatic carbocycles. The summed E-state index contributed by atoms with van der Waals surface area (Å²) in [5, 5.41) is 9.13. The molecular formula is C14H19N3. The first-order chi connectivity index (χ1) is 8.04. The van der Waals surface area contributed by atoms with Crippen LogP contribution in [-0.4, -0.2) is 19.1 Å². The maximum atomic E-state index is 9.13. The summed E-state index contributed by atoms with van der Waals surface area (Å²) in [6.07, 6.45) is 0.979. The van der Waals surface area contributed by atoms with E-state index in [1.165, 1.54) is 0 Å². The Morgan fingerprint density at radius 2 is 2.12 bits per heavy atom. The van der Waals surface area contributed by atoms with Crippen LogP contribution in [0.1, 0.15) is 25.8 Å². The van der Waals surface area contributed by atoms with Crippen LogP contribution in [0.15, 0.2) is 24.3 Å². The van der Waals surface area contributed by atoms with Gasteiger partial charge in [-0.15, -0.1) is 0 Å². The van der Waals surface area contributed by atoms with E-state index < -0.39 is 0 Å². The van der Waals surface area contributed by atoms with E-state index in [4.69, 9.17) is 11.0 Å². The van der Waals surface area contributed by atoms with E-state index >= 15 is 0 Å². The zero-order valence-electron chi connectivity index (χ0n) is 10.5. The number of rotatable bonds is 1. The third kappa shape index (κ3) is 2.27. The first-order valence-electron chi connectivity index (χ1n) is 6.04. The van der Waals surface area contributed by atoms with Gasteiger partial charge in [-0.05, 0) is 24.0 Å². The summed E-state index contributed by atoms with van der Waals surface area (Å²) >= 11 is 0. The Morgan fingerprint density at radius 3 is 2.76 bits per heavy atom. The molecule has 1 aromatic rings. The average Bonchev–Trinajstić information content (AvgIpc) is 2.32. The highest BCUT2D eigenvalue weighted by atomic mass is 15.2. The predicted molar refractivity (Wildman–Crippen MR) is 69.7 cm³/mol. The lowest BCUT2D eigenvalue weighted by atomic mass is 9.79. The smallest absolute Gasteiger partial charge is 0.101 e. The van der Waals surface area contributed by atoms with Crippen molar-refractivity contribution in [1.82, 2.24) is 0 Å². The second-order valence-corrected chi connectivity index (χ2v) is 5.43. The molecule has 1 saturated heterocycles. The molecule has 0 amide bonds. The van der Waals surface area contributed by atoms with Crippen molar-refractivity contribution in [3.63, 3.8) is 0 Å². The molecule has 3 nitrogen and oxygen atoms in total. The third-order valence-electron chi connectivity index (χ3n) is 3.68. The van der Waals surface area contributed by atoms with E-state index in [0.717, 1.165) is 30.8 Å². The number of anilines is 1. The Labute approximate surface area is 103 Å². The Bertz CT molecular complexity index is 445. The molecule has 0 radical (unpaired) electrons. The van der Waals surface area contributed by atoms with Gasteiger partial charge in [0.05, 0.1) is 11.3 Å². The van der Waals surface area contributed by atoms with Crippen LogP contribution in [-0.2, 0) is 0 Å². The van der Waals surface area contributed by atoms with Crippen molar-refractivity contribution < 1.29 is 0 Å². The Balaban J connectivity index is 2.27. The molecule has 1 fully saturated rings. The molecule has 17 heavy (non-hydrogen) atoms. The summed E-state index contributed by atoms with van der Waals surface area (Å²) in [4.78, 5) is 2.28. The van der Waals surface area contributed by atoms with Crippen LogP contribution < -0.4 is 10.6 Å². The van der Waals surface area contributed by atoms with Gasteiger partial charge in [-0.25, -0.2) is 0 Å². The standard InChI is InChI=1S/C14H19N3/c1-14(2)10-17(8-7-13(14)16)12-6-4-3-5-11(12)9-15/h3-6,13H,7-8,10,16H2,1-2H3. The van der Waals surface area contributed by atoms with Crippen molar-refractivity contribution in [2.24, 2.45) is 11.1 Å². The van der Waals surface area contributed by atoms with Crippen LogP contribution in [0.5, 0.6) is 0 Å². The van der Waals surface area contributed by atoms with E-state index in [2.05, 4.69) is 24.8 Å². The van der Waals surface area contributed by atoms with E-state index in [9.17, 15) is 0 Å². The summed E-state index contributed by atoms with van der Waals surface area (Å²) < 4.78 is 0. The second-order valence-electron chi connectivity index (χ2n) is 5.43. The summed E-state index contributed by atoms with van der Waals surface area (Å²) in [7, 11) is 0. The lowest BCUT2D eigenvalue weighted by Gasteiger charge is -2.43. The second kappa shape index (κ2) is 4.38. The molecule has 2 rings (SSSR count). The van der Waals surface area contributed by atoms with Crippen LogP contribution in [0.3, 0.4) is 0 Å². The highest BCUT2D eigenvalue weighted by Crippen LogP contribution is 2.32. The van der Waals surface area contributed by atoms with Crippen LogP contribution in [0.2, 0.25) is 0 Å². The summed E-state index contributed by atoms with van der Waals surface area (Å²) in [6.45, 7) is 6.23. The predicted octanol–water partition coefficient (Wildman–Crippen LogP) is 2.12. The Kier molecular flexibility index (Phi) is 3.08. The lowest BCUT2D eigenvalue weighted by Crippen LogP contribution is -2.52. The van der Waals surface area contributed by atoms with Gasteiger partial charge in [-0.3, -0.25) is 0 Å². The van der Waals surface area contributed by atoms with Crippen LogP contribution in [0.25, 0.3) is 0 Å². The molecule has 0 spiro atoms. The Morgan fingerprint density at radius 1 is 1.41 bits per heavy atom. The van der Waals surface area contributed by atoms with Gasteiger partial charge in [0.2, 0.25) is 0 Å². The number of nitrogens with two attached hydrogens (primary N) is 1. The van der Waals surface area contributed by atoms with Crippen molar-refractivity contribution in [2.75, 3.05) is 18.0 Å². The first kappa shape index (κ1) is 11.9. The zero-order valence-corrected chi connectivity index (χ0v) is 10.5. The van der Waals surface area contributed by atoms with E-state index in [1.807, 2.05) is 24.3 Å². The van der Waals surface area contributed by atoms with E-state index in [1.54, 1.807) is 0 Å². The summed E-state index contributed by atoms with van der Waals surface area (Å²) in [5.41, 5.74) is 8.02. The molecule has 0 saturated carbocycles. The molecule has 2 N–H and O–H groups in total. The van der Waals surface area contributed by atoms with Crippen molar-refractivity contribution in [3.05, 3.63) is 29.8 Å². The minimum Gasteiger partial charge on any atom is -0.370 e. The highest BCUT2D eigenvalue weighted by molar-refractivity contribution is 5.59. The molecule has 3 heteroatoms. The van der Waals surface area contributed by atoms with Gasteiger partial charge < -0.3 is 10.6 Å². The molecule has 1 atom stereocenters. The van der Waals surface area contributed by atoms with Crippen molar-refractivity contribution in [3.8, 4) is 6.07 Å². The number of para-hydroxylation sites is 1. The molecule has 1 heterocycles. The average molecular weight is 229 g/mol. The molecule has 1 aliphatic heterocycles. The molecule has 90 valence electrons. The van der Waals surface area contributed by atoms with Gasteiger partial charge >= 0.3 is 0 Å². The first-order valence-corrected chi connectivity index (χ1v) is 6.04. The SMILES string of the molecule is CC1(C)CN(c2ccccc2C#N)CCC1N. The quantitative estimate of drug-likeness (QED) is 0.802. The van der Waals surface area contributed by atoms with Crippen molar-refractivity contribution in [2.45, 2.75) is 26.3 Å². The summed E-state index contributed by atoms with van der Waals surface area (Å²) in [6, 6.07) is 10.3. The molecule has 0 aliphatic carbocycles. The van der Waals surface area contributed by atoms with Crippen LogP contribution >= 0.6 is 0 Å². The van der Waals surface area contributed by atoms with Gasteiger partial charge in [-0.1, -0.05) is 26.0 Å². The fourth-order valence-electron chi connectivity index (χ4n) is 2.42. The molecule has 0 aromatic heterocycles. The molecule has 1 unspecified atom stereocenters. The number of piperidine rings is 1. The molecular weight excluding hydrogens is 210 g/mol. The number of hydrogen-bond donors (Lipinski definition) is 1. The highest BCUT2D eigenvalue weighted by Gasteiger charge is 2.33. The van der Waals surface area contributed by atoms with Crippen molar-refractivity contribution >= 4 is 5.69 Å². The number of nitrogens with zero attached hydrogens (tertiary/aromatic N) is 2. The normalized spacial score (nSPS) is 23.2. The van der Waals surface area contributed by atoms with Gasteiger partial charge in [0.1, 0.15) is 6.07 Å². The zero-order chi connectivity index (χ0) is 12.5. The fraction of sp³-hybridized carbons (Fsp3) is 0.500. The summed E-state index contributed by atoms with van der Waals surface area (Å²) in [5.74, 6) is 0. The minimum atomic E-state index is 0.0980. The largest absolute Gasteiger partial charge is 0.370 e. The van der Waals surface area contributed by atoms with E-state index in [-0.39, 0.29) is 11.5 Å². The fourth-order valence-corrected chi connectivity index (χ4v) is 2.42. The maximum Gasteiger partial charge on any atom is 0.101 e. The lowest BCUT2D eigenvalue weighted by molar-refractivity contribution is 0.245. The van der Waals surface area contributed by atoms with Crippen molar-refractivity contribution in [1.29, 1.82) is 5.26 Å². The molecule has 0 bridgehead atoms. The number of benzene rings is 1. The van der Waals surface area contributed by atoms with E-state index in [0.29, 0.717) is 0 Å². The third-order valence-corrected chi connectivity index (χ3v) is 3.68. The van der Waals surface area contributed by atoms with Gasteiger partial charge in [0, 0.05) is 19.1 Å². The monoisotopic (exact) mass is 229 g/mol. The molecule has 1 aliphatic rings. The Hall–Kier alpha value is -1.53. The van der Waals surface area contributed by atoms with Gasteiger partial charge in [-0.2, -0.15) is 5.26 Å². The van der Waals surface area contributed by atoms with Crippen LogP contribution in [0.4, 0.5) is 5.69 Å². The minimum absolute atomic E-state index is 0.0980. The topological polar surface area (TPSA) is 53.0 Å². The van der Waals surface area contributed by atoms with Gasteiger partial charge in [0.25, 0.3) is 0 Å². The van der Waals surface area contributed by atoms with Crippen LogP contribution in [0, 0.1) is 16.7 Å². The van der Waals surface area contributed by atoms with Gasteiger partial charge in [0.15, 0.2) is 0 Å². The number of hydrogen-bond acceptors (Lipinski definition) is 3. The maximum absolute atomic E-state index is 9.13. The number of nitriles is 1.